The molecule has 110 valence electrons. The summed E-state index contributed by atoms with van der Waals surface area (Å²) in [5.74, 6) is 1.29. The number of nitriles is 1. The van der Waals surface area contributed by atoms with Crippen LogP contribution in [0.15, 0.2) is 30.4 Å². The highest BCUT2D eigenvalue weighted by Crippen LogP contribution is 2.34. The lowest BCUT2D eigenvalue weighted by molar-refractivity contribution is 0.309. The minimum Gasteiger partial charge on any atom is -0.493 e. The molecule has 21 heavy (non-hydrogen) atoms. The maximum Gasteiger partial charge on any atom is 0.164 e. The molecule has 0 unspecified atom stereocenters. The minimum atomic E-state index is 0.0662. The van der Waals surface area contributed by atoms with Crippen LogP contribution < -0.4 is 15.2 Å². The lowest BCUT2D eigenvalue weighted by atomic mass is 10.0. The summed E-state index contributed by atoms with van der Waals surface area (Å²) >= 11 is 4.85. The van der Waals surface area contributed by atoms with Gasteiger partial charge in [0, 0.05) is 5.56 Å². The van der Waals surface area contributed by atoms with Gasteiger partial charge in [-0.25, -0.2) is 0 Å². The van der Waals surface area contributed by atoms with E-state index in [0.29, 0.717) is 24.5 Å². The number of hydrogen-bond acceptors (Lipinski definition) is 4. The molecule has 0 atom stereocenters. The molecule has 0 aliphatic rings. The molecule has 0 saturated heterocycles. The topological polar surface area (TPSA) is 68.3 Å². The van der Waals surface area contributed by atoms with Crippen LogP contribution in [0, 0.1) is 11.3 Å². The largest absolute Gasteiger partial charge is 0.493 e. The summed E-state index contributed by atoms with van der Waals surface area (Å²) < 4.78 is 11.0. The van der Waals surface area contributed by atoms with Crippen molar-refractivity contribution >= 4 is 23.3 Å². The quantitative estimate of drug-likeness (QED) is 0.363. The van der Waals surface area contributed by atoms with Gasteiger partial charge in [0.25, 0.3) is 0 Å². The van der Waals surface area contributed by atoms with Crippen molar-refractivity contribution < 1.29 is 9.47 Å². The monoisotopic (exact) mass is 302 g/mol. The molecule has 2 N–H and O–H groups in total. The second kappa shape index (κ2) is 8.08. The fourth-order valence-electron chi connectivity index (χ4n) is 1.89. The molecule has 1 rings (SSSR count). The van der Waals surface area contributed by atoms with Crippen molar-refractivity contribution in [3.05, 3.63) is 41.5 Å². The first-order valence-corrected chi connectivity index (χ1v) is 6.84. The molecule has 5 heteroatoms. The summed E-state index contributed by atoms with van der Waals surface area (Å²) in [7, 11) is 1.59. The van der Waals surface area contributed by atoms with Gasteiger partial charge in [-0.2, -0.15) is 5.26 Å². The summed E-state index contributed by atoms with van der Waals surface area (Å²) in [6.07, 6.45) is 4.04. The van der Waals surface area contributed by atoms with Crippen molar-refractivity contribution in [2.45, 2.75) is 13.3 Å². The van der Waals surface area contributed by atoms with Gasteiger partial charge in [-0.05, 0) is 37.1 Å². The van der Waals surface area contributed by atoms with Crippen molar-refractivity contribution in [3.63, 3.8) is 0 Å². The first kappa shape index (κ1) is 16.7. The molecule has 0 spiro atoms. The molecule has 1 aromatic rings. The van der Waals surface area contributed by atoms with Gasteiger partial charge in [-0.1, -0.05) is 18.3 Å². The van der Waals surface area contributed by atoms with Gasteiger partial charge in [0.1, 0.15) is 11.1 Å². The van der Waals surface area contributed by atoms with Crippen LogP contribution in [0.4, 0.5) is 0 Å². The first-order valence-electron chi connectivity index (χ1n) is 6.43. The van der Waals surface area contributed by atoms with E-state index in [0.717, 1.165) is 11.1 Å². The number of thiocarbonyl (C=S) groups is 1. The molecule has 1 aromatic carbocycles. The smallest absolute Gasteiger partial charge is 0.164 e. The Bertz CT molecular complexity index is 615. The van der Waals surface area contributed by atoms with Crippen LogP contribution in [0.25, 0.3) is 6.08 Å². The normalized spacial score (nSPS) is 10.6. The van der Waals surface area contributed by atoms with E-state index in [-0.39, 0.29) is 10.6 Å². The Labute approximate surface area is 130 Å². The third-order valence-corrected chi connectivity index (χ3v) is 2.94. The Morgan fingerprint density at radius 3 is 2.71 bits per heavy atom. The summed E-state index contributed by atoms with van der Waals surface area (Å²) in [5.41, 5.74) is 7.46. The van der Waals surface area contributed by atoms with E-state index in [1.54, 1.807) is 25.3 Å². The Kier molecular flexibility index (Phi) is 6.44. The Hall–Kier alpha value is -2.32. The summed E-state index contributed by atoms with van der Waals surface area (Å²) in [5, 5.41) is 9.05. The van der Waals surface area contributed by atoms with Crippen LogP contribution in [0.3, 0.4) is 0 Å². The zero-order chi connectivity index (χ0) is 15.8. The molecule has 0 radical (unpaired) electrons. The predicted octanol–water partition coefficient (Wildman–Crippen LogP) is 3.02. The SMILES string of the molecule is C=CCc1cc(/C=C(\C#N)C(N)=S)cc(OCC)c1OC. The van der Waals surface area contributed by atoms with Gasteiger partial charge >= 0.3 is 0 Å². The van der Waals surface area contributed by atoms with Gasteiger partial charge in [0.2, 0.25) is 0 Å². The van der Waals surface area contributed by atoms with Crippen molar-refractivity contribution in [1.82, 2.24) is 0 Å². The van der Waals surface area contributed by atoms with E-state index in [4.69, 9.17) is 32.7 Å². The average molecular weight is 302 g/mol. The van der Waals surface area contributed by atoms with Crippen LogP contribution in [-0.4, -0.2) is 18.7 Å². The van der Waals surface area contributed by atoms with Crippen LogP contribution in [0.2, 0.25) is 0 Å². The molecule has 0 fully saturated rings. The number of allylic oxidation sites excluding steroid dienone is 1. The Morgan fingerprint density at radius 2 is 2.24 bits per heavy atom. The second-order valence-corrected chi connectivity index (χ2v) is 4.61. The third kappa shape index (κ3) is 4.33. The number of nitrogens with zero attached hydrogens (tertiary/aromatic N) is 1. The van der Waals surface area contributed by atoms with Crippen LogP contribution in [0.5, 0.6) is 11.5 Å². The molecule has 0 amide bonds. The Balaban J connectivity index is 3.44. The van der Waals surface area contributed by atoms with E-state index >= 15 is 0 Å². The lowest BCUT2D eigenvalue weighted by Gasteiger charge is -2.14. The molecule has 0 bridgehead atoms. The molecule has 0 aliphatic carbocycles. The third-order valence-electron chi connectivity index (χ3n) is 2.72. The highest BCUT2D eigenvalue weighted by atomic mass is 32.1. The van der Waals surface area contributed by atoms with E-state index in [1.807, 2.05) is 19.1 Å². The number of hydrogen-bond donors (Lipinski definition) is 1. The van der Waals surface area contributed by atoms with Gasteiger partial charge < -0.3 is 15.2 Å². The van der Waals surface area contributed by atoms with E-state index in [2.05, 4.69) is 6.58 Å². The van der Waals surface area contributed by atoms with E-state index < -0.39 is 0 Å². The highest BCUT2D eigenvalue weighted by Gasteiger charge is 2.12. The number of nitrogens with two attached hydrogens (primary N) is 1. The fourth-order valence-corrected chi connectivity index (χ4v) is 2.00. The van der Waals surface area contributed by atoms with Gasteiger partial charge in [0.05, 0.1) is 19.3 Å². The molecule has 0 aromatic heterocycles. The van der Waals surface area contributed by atoms with Crippen molar-refractivity contribution in [1.29, 1.82) is 5.26 Å². The molecular weight excluding hydrogens is 284 g/mol. The summed E-state index contributed by atoms with van der Waals surface area (Å²) in [4.78, 5) is 0.0662. The number of benzene rings is 1. The van der Waals surface area contributed by atoms with Crippen LogP contribution in [0.1, 0.15) is 18.1 Å². The summed E-state index contributed by atoms with van der Waals surface area (Å²) in [6, 6.07) is 5.68. The molecule has 4 nitrogen and oxygen atoms in total. The number of methoxy groups -OCH3 is 1. The van der Waals surface area contributed by atoms with Crippen molar-refractivity contribution in [2.75, 3.05) is 13.7 Å². The highest BCUT2D eigenvalue weighted by molar-refractivity contribution is 7.80. The van der Waals surface area contributed by atoms with Crippen LogP contribution >= 0.6 is 12.2 Å². The van der Waals surface area contributed by atoms with Crippen LogP contribution in [-0.2, 0) is 6.42 Å². The fraction of sp³-hybridized carbons (Fsp3) is 0.250. The first-order chi connectivity index (χ1) is 10.1. The van der Waals surface area contributed by atoms with Gasteiger partial charge in [-0.15, -0.1) is 6.58 Å². The zero-order valence-electron chi connectivity index (χ0n) is 12.2. The van der Waals surface area contributed by atoms with E-state index in [1.165, 1.54) is 0 Å². The standard InChI is InChI=1S/C16H18N2O2S/c1-4-6-12-7-11(8-13(10-17)16(18)21)9-14(20-5-2)15(12)19-3/h4,7-9H,1,5-6H2,2-3H3,(H2,18,21)/b13-8+. The van der Waals surface area contributed by atoms with Gasteiger partial charge in [-0.3, -0.25) is 0 Å². The number of ether oxygens (including phenoxy) is 2. The maximum atomic E-state index is 9.05. The predicted molar refractivity (Wildman–Crippen MR) is 88.4 cm³/mol. The minimum absolute atomic E-state index is 0.0662. The van der Waals surface area contributed by atoms with E-state index in [9.17, 15) is 0 Å². The zero-order valence-corrected chi connectivity index (χ0v) is 13.0. The van der Waals surface area contributed by atoms with Crippen molar-refractivity contribution in [3.8, 4) is 17.6 Å². The Morgan fingerprint density at radius 1 is 1.52 bits per heavy atom. The maximum absolute atomic E-state index is 9.05. The lowest BCUT2D eigenvalue weighted by Crippen LogP contribution is -2.09. The molecular formula is C16H18N2O2S. The molecule has 0 saturated carbocycles. The molecule has 0 heterocycles. The molecule has 0 aliphatic heterocycles. The number of rotatable bonds is 7. The average Bonchev–Trinajstić information content (AvgIpc) is 2.45. The van der Waals surface area contributed by atoms with Gasteiger partial charge in [0.15, 0.2) is 11.5 Å². The van der Waals surface area contributed by atoms with Crippen molar-refractivity contribution in [2.24, 2.45) is 5.73 Å². The summed E-state index contributed by atoms with van der Waals surface area (Å²) in [6.45, 7) is 6.14. The second-order valence-electron chi connectivity index (χ2n) is 4.17.